The summed E-state index contributed by atoms with van der Waals surface area (Å²) in [5.41, 5.74) is 1.04. The molecule has 0 radical (unpaired) electrons. The number of hydrogen-bond acceptors (Lipinski definition) is 4. The molecule has 1 N–H and O–H groups in total. The van der Waals surface area contributed by atoms with E-state index in [0.717, 1.165) is 24.9 Å². The summed E-state index contributed by atoms with van der Waals surface area (Å²) in [5.74, 6) is 0.377. The number of hydrogen-bond donors (Lipinski definition) is 1. The molecule has 1 aromatic carbocycles. The average Bonchev–Trinajstić information content (AvgIpc) is 2.44. The average molecular weight is 280 g/mol. The van der Waals surface area contributed by atoms with E-state index >= 15 is 0 Å². The predicted molar refractivity (Wildman–Crippen MR) is 80.1 cm³/mol. The molecular formula is C15H24N2O3. The van der Waals surface area contributed by atoms with Crippen LogP contribution in [0, 0.1) is 10.1 Å². The third-order valence-corrected chi connectivity index (χ3v) is 3.06. The van der Waals surface area contributed by atoms with E-state index in [9.17, 15) is 10.1 Å². The molecule has 0 aliphatic carbocycles. The van der Waals surface area contributed by atoms with Crippen molar-refractivity contribution in [2.75, 3.05) is 13.2 Å². The van der Waals surface area contributed by atoms with E-state index in [2.05, 4.69) is 12.2 Å². The number of rotatable bonds is 10. The third-order valence-electron chi connectivity index (χ3n) is 3.06. The van der Waals surface area contributed by atoms with Crippen LogP contribution in [-0.2, 0) is 6.54 Å². The van der Waals surface area contributed by atoms with Crippen molar-refractivity contribution < 1.29 is 9.66 Å². The maximum Gasteiger partial charge on any atom is 0.310 e. The minimum absolute atomic E-state index is 0.0424. The zero-order valence-corrected chi connectivity index (χ0v) is 12.4. The van der Waals surface area contributed by atoms with Gasteiger partial charge >= 0.3 is 5.69 Å². The molecule has 0 saturated carbocycles. The van der Waals surface area contributed by atoms with Crippen molar-refractivity contribution in [3.05, 3.63) is 33.9 Å². The fourth-order valence-corrected chi connectivity index (χ4v) is 1.92. The van der Waals surface area contributed by atoms with Gasteiger partial charge in [0.15, 0.2) is 5.75 Å². The topological polar surface area (TPSA) is 64.4 Å². The van der Waals surface area contributed by atoms with Gasteiger partial charge in [-0.15, -0.1) is 0 Å². The van der Waals surface area contributed by atoms with Crippen LogP contribution < -0.4 is 10.1 Å². The van der Waals surface area contributed by atoms with Crippen molar-refractivity contribution in [1.29, 1.82) is 0 Å². The smallest absolute Gasteiger partial charge is 0.310 e. The van der Waals surface area contributed by atoms with E-state index < -0.39 is 4.92 Å². The Hall–Kier alpha value is -1.62. The lowest BCUT2D eigenvalue weighted by Crippen LogP contribution is -2.12. The summed E-state index contributed by atoms with van der Waals surface area (Å²) in [7, 11) is 0. The highest BCUT2D eigenvalue weighted by molar-refractivity contribution is 5.48. The molecule has 0 spiro atoms. The molecule has 0 amide bonds. The van der Waals surface area contributed by atoms with Crippen LogP contribution in [0.15, 0.2) is 18.2 Å². The van der Waals surface area contributed by atoms with Gasteiger partial charge in [-0.05, 0) is 24.6 Å². The molecule has 1 rings (SSSR count). The SMILES string of the molecule is CCCCCCOc1cc(CNCC)ccc1[N+](=O)[O-]. The van der Waals surface area contributed by atoms with Gasteiger partial charge in [0.2, 0.25) is 0 Å². The maximum absolute atomic E-state index is 11.0. The molecule has 0 heterocycles. The Kier molecular flexibility index (Phi) is 7.65. The normalized spacial score (nSPS) is 10.5. The van der Waals surface area contributed by atoms with Crippen molar-refractivity contribution in [1.82, 2.24) is 5.32 Å². The van der Waals surface area contributed by atoms with Crippen molar-refractivity contribution in [2.24, 2.45) is 0 Å². The molecule has 112 valence electrons. The van der Waals surface area contributed by atoms with Gasteiger partial charge in [0.1, 0.15) is 0 Å². The summed E-state index contributed by atoms with van der Waals surface area (Å²) in [6.07, 6.45) is 4.37. The van der Waals surface area contributed by atoms with Gasteiger partial charge < -0.3 is 10.1 Å². The van der Waals surface area contributed by atoms with Crippen molar-refractivity contribution in [3.8, 4) is 5.75 Å². The molecule has 0 saturated heterocycles. The van der Waals surface area contributed by atoms with Crippen molar-refractivity contribution in [2.45, 2.75) is 46.1 Å². The molecule has 0 fully saturated rings. The van der Waals surface area contributed by atoms with Gasteiger partial charge in [-0.3, -0.25) is 10.1 Å². The number of nitro groups is 1. The number of nitrogens with zero attached hydrogens (tertiary/aromatic N) is 1. The van der Waals surface area contributed by atoms with Crippen molar-refractivity contribution in [3.63, 3.8) is 0 Å². The molecule has 0 bridgehead atoms. The number of unbranched alkanes of at least 4 members (excludes halogenated alkanes) is 3. The largest absolute Gasteiger partial charge is 0.487 e. The highest BCUT2D eigenvalue weighted by Crippen LogP contribution is 2.28. The summed E-state index contributed by atoms with van der Waals surface area (Å²) in [4.78, 5) is 10.6. The monoisotopic (exact) mass is 280 g/mol. The minimum Gasteiger partial charge on any atom is -0.487 e. The Labute approximate surface area is 120 Å². The maximum atomic E-state index is 11.0. The van der Waals surface area contributed by atoms with Crippen LogP contribution in [0.4, 0.5) is 5.69 Å². The summed E-state index contributed by atoms with van der Waals surface area (Å²) >= 11 is 0. The van der Waals surface area contributed by atoms with Crippen LogP contribution in [-0.4, -0.2) is 18.1 Å². The van der Waals surface area contributed by atoms with Crippen molar-refractivity contribution >= 4 is 5.69 Å². The van der Waals surface area contributed by atoms with Gasteiger partial charge in [0.05, 0.1) is 11.5 Å². The zero-order valence-electron chi connectivity index (χ0n) is 12.4. The number of nitro benzene ring substituents is 1. The van der Waals surface area contributed by atoms with E-state index in [1.807, 2.05) is 6.92 Å². The van der Waals surface area contributed by atoms with Gasteiger partial charge in [0.25, 0.3) is 0 Å². The van der Waals surface area contributed by atoms with E-state index in [-0.39, 0.29) is 5.69 Å². The van der Waals surface area contributed by atoms with Gasteiger partial charge in [-0.25, -0.2) is 0 Å². The second-order valence-corrected chi connectivity index (χ2v) is 4.75. The summed E-state index contributed by atoms with van der Waals surface area (Å²) < 4.78 is 5.60. The summed E-state index contributed by atoms with van der Waals surface area (Å²) in [6, 6.07) is 5.05. The first-order chi connectivity index (χ1) is 9.69. The number of nitrogens with one attached hydrogen (secondary N) is 1. The molecular weight excluding hydrogens is 256 g/mol. The Balaban J connectivity index is 2.65. The molecule has 0 aliphatic heterocycles. The molecule has 0 aromatic heterocycles. The van der Waals surface area contributed by atoms with Gasteiger partial charge in [-0.2, -0.15) is 0 Å². The second-order valence-electron chi connectivity index (χ2n) is 4.75. The van der Waals surface area contributed by atoms with Crippen LogP contribution in [0.1, 0.15) is 45.1 Å². The molecule has 0 unspecified atom stereocenters. The van der Waals surface area contributed by atoms with E-state index in [4.69, 9.17) is 4.74 Å². The standard InChI is InChI=1S/C15H24N2O3/c1-3-5-6-7-10-20-15-11-13(12-16-4-2)8-9-14(15)17(18)19/h8-9,11,16H,3-7,10,12H2,1-2H3. The fourth-order valence-electron chi connectivity index (χ4n) is 1.92. The predicted octanol–water partition coefficient (Wildman–Crippen LogP) is 3.66. The summed E-state index contributed by atoms with van der Waals surface area (Å²) in [5, 5.41) is 14.2. The Morgan fingerprint density at radius 1 is 1.25 bits per heavy atom. The Morgan fingerprint density at radius 2 is 2.05 bits per heavy atom. The minimum atomic E-state index is -0.390. The van der Waals surface area contributed by atoms with Gasteiger partial charge in [0, 0.05) is 12.6 Å². The highest BCUT2D eigenvalue weighted by atomic mass is 16.6. The molecule has 1 aromatic rings. The lowest BCUT2D eigenvalue weighted by Gasteiger charge is -2.09. The quantitative estimate of drug-likeness (QED) is 0.403. The number of benzene rings is 1. The summed E-state index contributed by atoms with van der Waals surface area (Å²) in [6.45, 7) is 6.27. The fraction of sp³-hybridized carbons (Fsp3) is 0.600. The molecule has 0 atom stereocenters. The van der Waals surface area contributed by atoms with E-state index in [1.54, 1.807) is 12.1 Å². The Morgan fingerprint density at radius 3 is 2.70 bits per heavy atom. The molecule has 5 nitrogen and oxygen atoms in total. The van der Waals surface area contributed by atoms with Gasteiger partial charge in [-0.1, -0.05) is 39.2 Å². The van der Waals surface area contributed by atoms with Crippen LogP contribution in [0.2, 0.25) is 0 Å². The first-order valence-corrected chi connectivity index (χ1v) is 7.29. The van der Waals surface area contributed by atoms with Crippen LogP contribution in [0.3, 0.4) is 0 Å². The lowest BCUT2D eigenvalue weighted by molar-refractivity contribution is -0.385. The third kappa shape index (κ3) is 5.57. The highest BCUT2D eigenvalue weighted by Gasteiger charge is 2.15. The molecule has 20 heavy (non-hydrogen) atoms. The van der Waals surface area contributed by atoms with E-state index in [1.165, 1.54) is 18.9 Å². The van der Waals surface area contributed by atoms with Crippen LogP contribution in [0.25, 0.3) is 0 Å². The second kappa shape index (κ2) is 9.31. The zero-order chi connectivity index (χ0) is 14.8. The Bertz CT molecular complexity index is 422. The molecule has 0 aliphatic rings. The first-order valence-electron chi connectivity index (χ1n) is 7.29. The molecule has 5 heteroatoms. The van der Waals surface area contributed by atoms with E-state index in [0.29, 0.717) is 18.9 Å². The van der Waals surface area contributed by atoms with Crippen LogP contribution >= 0.6 is 0 Å². The first kappa shape index (κ1) is 16.4. The van der Waals surface area contributed by atoms with Crippen LogP contribution in [0.5, 0.6) is 5.75 Å². The number of ether oxygens (including phenoxy) is 1. The lowest BCUT2D eigenvalue weighted by atomic mass is 10.2.